The quantitative estimate of drug-likeness (QED) is 0.664. The van der Waals surface area contributed by atoms with E-state index in [0.717, 1.165) is 0 Å². The molecule has 1 atom stereocenters. The van der Waals surface area contributed by atoms with E-state index in [1.165, 1.54) is 17.5 Å². The van der Waals surface area contributed by atoms with Gasteiger partial charge in [-0.05, 0) is 18.6 Å². The molecule has 1 aliphatic heterocycles. The second kappa shape index (κ2) is 4.41. The lowest BCUT2D eigenvalue weighted by Gasteiger charge is -2.13. The summed E-state index contributed by atoms with van der Waals surface area (Å²) in [6.07, 6.45) is 1.58. The van der Waals surface area contributed by atoms with Gasteiger partial charge in [-0.3, -0.25) is 10.1 Å². The molecule has 96 valence electrons. The average Bonchev–Trinajstić information content (AvgIpc) is 2.61. The fraction of sp³-hybridized carbons (Fsp3) is 0.273. The molecule has 6 nitrogen and oxygen atoms in total. The van der Waals surface area contributed by atoms with Crippen molar-refractivity contribution in [1.82, 2.24) is 0 Å². The van der Waals surface area contributed by atoms with Crippen LogP contribution in [0.4, 0.5) is 11.4 Å². The zero-order valence-corrected chi connectivity index (χ0v) is 10.5. The Bertz CT molecular complexity index is 622. The van der Waals surface area contributed by atoms with Crippen LogP contribution < -0.4 is 5.32 Å². The topological polar surface area (TPSA) is 89.3 Å². The highest BCUT2D eigenvalue weighted by Gasteiger charge is 2.22. The largest absolute Gasteiger partial charge is 0.378 e. The number of rotatable bonds is 3. The van der Waals surface area contributed by atoms with Gasteiger partial charge in [0.1, 0.15) is 0 Å². The van der Waals surface area contributed by atoms with E-state index in [1.807, 2.05) is 0 Å². The number of nitro groups is 1. The number of non-ortho nitro benzene ring substituents is 1. The zero-order chi connectivity index (χ0) is 13.3. The molecule has 7 heteroatoms. The summed E-state index contributed by atoms with van der Waals surface area (Å²) in [5.74, 6) is 0.0173. The Balaban J connectivity index is 2.16. The molecule has 0 saturated heterocycles. The van der Waals surface area contributed by atoms with E-state index in [4.69, 9.17) is 0 Å². The Hall–Kier alpha value is -1.89. The van der Waals surface area contributed by atoms with Crippen LogP contribution >= 0.6 is 0 Å². The summed E-state index contributed by atoms with van der Waals surface area (Å²) in [5.41, 5.74) is 1.43. The molecule has 0 saturated carbocycles. The molecule has 2 rings (SSSR count). The first-order valence-corrected chi connectivity index (χ1v) is 7.01. The second-order valence-corrected chi connectivity index (χ2v) is 6.10. The summed E-state index contributed by atoms with van der Waals surface area (Å²) >= 11 is 0. The monoisotopic (exact) mass is 268 g/mol. The van der Waals surface area contributed by atoms with Crippen LogP contribution in [0.2, 0.25) is 0 Å². The van der Waals surface area contributed by atoms with Crippen molar-refractivity contribution < 1.29 is 13.3 Å². The van der Waals surface area contributed by atoms with Gasteiger partial charge in [-0.2, -0.15) is 0 Å². The van der Waals surface area contributed by atoms with E-state index in [-0.39, 0.29) is 17.5 Å². The van der Waals surface area contributed by atoms with Crippen molar-refractivity contribution in [3.63, 3.8) is 0 Å². The van der Waals surface area contributed by atoms with Crippen molar-refractivity contribution in [1.29, 1.82) is 0 Å². The van der Waals surface area contributed by atoms with Crippen LogP contribution in [-0.2, 0) is 9.84 Å². The van der Waals surface area contributed by atoms with E-state index in [0.29, 0.717) is 11.3 Å². The average molecular weight is 268 g/mol. The van der Waals surface area contributed by atoms with E-state index in [1.54, 1.807) is 19.1 Å². The normalized spacial score (nSPS) is 20.8. The van der Waals surface area contributed by atoms with Crippen molar-refractivity contribution in [2.75, 3.05) is 11.1 Å². The van der Waals surface area contributed by atoms with Gasteiger partial charge in [0.15, 0.2) is 9.84 Å². The van der Waals surface area contributed by atoms with Crippen LogP contribution in [0.1, 0.15) is 5.56 Å². The number of sulfone groups is 1. The van der Waals surface area contributed by atoms with Crippen LogP contribution in [-0.4, -0.2) is 25.1 Å². The third-order valence-corrected chi connectivity index (χ3v) is 4.09. The third kappa shape index (κ3) is 2.67. The van der Waals surface area contributed by atoms with Crippen molar-refractivity contribution >= 4 is 21.2 Å². The second-order valence-electron chi connectivity index (χ2n) is 4.17. The molecule has 0 fully saturated rings. The minimum absolute atomic E-state index is 0.0173. The number of nitrogens with zero attached hydrogens (tertiary/aromatic N) is 1. The smallest absolute Gasteiger partial charge is 0.269 e. The van der Waals surface area contributed by atoms with E-state index in [2.05, 4.69) is 5.32 Å². The predicted octanol–water partition coefficient (Wildman–Crippen LogP) is 1.63. The van der Waals surface area contributed by atoms with Gasteiger partial charge in [0.25, 0.3) is 5.69 Å². The van der Waals surface area contributed by atoms with Crippen molar-refractivity contribution in [2.24, 2.45) is 0 Å². The van der Waals surface area contributed by atoms with Crippen LogP contribution in [0.25, 0.3) is 0 Å². The number of nitro benzene ring substituents is 1. The molecule has 0 radical (unpaired) electrons. The molecule has 0 spiro atoms. The number of hydrogen-bond acceptors (Lipinski definition) is 5. The maximum Gasteiger partial charge on any atom is 0.269 e. The Kier molecular flexibility index (Phi) is 3.08. The summed E-state index contributed by atoms with van der Waals surface area (Å²) in [5, 5.41) is 14.8. The summed E-state index contributed by atoms with van der Waals surface area (Å²) < 4.78 is 22.5. The molecule has 1 N–H and O–H groups in total. The van der Waals surface area contributed by atoms with Crippen LogP contribution in [0, 0.1) is 17.0 Å². The first-order valence-electron chi connectivity index (χ1n) is 5.30. The minimum Gasteiger partial charge on any atom is -0.378 e. The molecule has 1 aromatic carbocycles. The Morgan fingerprint density at radius 3 is 2.67 bits per heavy atom. The van der Waals surface area contributed by atoms with Gasteiger partial charge >= 0.3 is 0 Å². The summed E-state index contributed by atoms with van der Waals surface area (Å²) in [6, 6.07) is 4.15. The Labute approximate surface area is 104 Å². The SMILES string of the molecule is Cc1cc([N+](=O)[O-])ccc1NC1C=CS(=O)(=O)C1. The molecule has 1 unspecified atom stereocenters. The van der Waals surface area contributed by atoms with Gasteiger partial charge in [0, 0.05) is 23.2 Å². The number of anilines is 1. The maximum atomic E-state index is 11.2. The molecule has 18 heavy (non-hydrogen) atoms. The Morgan fingerprint density at radius 1 is 1.44 bits per heavy atom. The van der Waals surface area contributed by atoms with E-state index in [9.17, 15) is 18.5 Å². The molecule has 0 aliphatic carbocycles. The summed E-state index contributed by atoms with van der Waals surface area (Å²) in [4.78, 5) is 10.1. The Morgan fingerprint density at radius 2 is 2.17 bits per heavy atom. The van der Waals surface area contributed by atoms with Gasteiger partial charge in [0.2, 0.25) is 0 Å². The predicted molar refractivity (Wildman–Crippen MR) is 68.2 cm³/mol. The molecular formula is C11H12N2O4S. The highest BCUT2D eigenvalue weighted by molar-refractivity contribution is 7.94. The number of nitrogens with one attached hydrogen (secondary N) is 1. The highest BCUT2D eigenvalue weighted by Crippen LogP contribution is 2.23. The van der Waals surface area contributed by atoms with Gasteiger partial charge in [-0.25, -0.2) is 8.42 Å². The minimum atomic E-state index is -3.10. The summed E-state index contributed by atoms with van der Waals surface area (Å²) in [7, 11) is -3.10. The fourth-order valence-electron chi connectivity index (χ4n) is 1.79. The molecule has 0 aromatic heterocycles. The molecule has 1 aliphatic rings. The third-order valence-electron chi connectivity index (χ3n) is 2.69. The standard InChI is InChI=1S/C11H12N2O4S/c1-8-6-10(13(14)15)2-3-11(8)12-9-4-5-18(16,17)7-9/h2-6,9,12H,7H2,1H3. The van der Waals surface area contributed by atoms with Gasteiger partial charge < -0.3 is 5.32 Å². The number of aryl methyl sites for hydroxylation is 1. The van der Waals surface area contributed by atoms with Crippen molar-refractivity contribution in [3.05, 3.63) is 45.4 Å². The fourth-order valence-corrected chi connectivity index (χ4v) is 3.02. The maximum absolute atomic E-state index is 11.2. The number of benzene rings is 1. The van der Waals surface area contributed by atoms with Gasteiger partial charge in [-0.15, -0.1) is 0 Å². The lowest BCUT2D eigenvalue weighted by molar-refractivity contribution is -0.384. The molecule has 1 aromatic rings. The molecular weight excluding hydrogens is 256 g/mol. The van der Waals surface area contributed by atoms with Crippen molar-refractivity contribution in [3.8, 4) is 0 Å². The van der Waals surface area contributed by atoms with E-state index >= 15 is 0 Å². The molecule has 0 bridgehead atoms. The van der Waals surface area contributed by atoms with Crippen LogP contribution in [0.3, 0.4) is 0 Å². The van der Waals surface area contributed by atoms with Crippen LogP contribution in [0.5, 0.6) is 0 Å². The lowest BCUT2D eigenvalue weighted by Crippen LogP contribution is -2.21. The highest BCUT2D eigenvalue weighted by atomic mass is 32.2. The van der Waals surface area contributed by atoms with Gasteiger partial charge in [0.05, 0.1) is 16.7 Å². The molecule has 0 amide bonds. The zero-order valence-electron chi connectivity index (χ0n) is 9.66. The van der Waals surface area contributed by atoms with Crippen molar-refractivity contribution in [2.45, 2.75) is 13.0 Å². The van der Waals surface area contributed by atoms with E-state index < -0.39 is 14.8 Å². The molecule has 1 heterocycles. The lowest BCUT2D eigenvalue weighted by atomic mass is 10.1. The number of hydrogen-bond donors (Lipinski definition) is 1. The summed E-state index contributed by atoms with van der Waals surface area (Å²) in [6.45, 7) is 1.74. The van der Waals surface area contributed by atoms with Crippen LogP contribution in [0.15, 0.2) is 29.7 Å². The van der Waals surface area contributed by atoms with Gasteiger partial charge in [-0.1, -0.05) is 6.08 Å². The first kappa shape index (κ1) is 12.6. The first-order chi connectivity index (χ1) is 8.37.